The molecule has 6 nitrogen and oxygen atoms in total. The maximum Gasteiger partial charge on any atom is 0.414 e. The van der Waals surface area contributed by atoms with Crippen molar-refractivity contribution in [3.63, 3.8) is 0 Å². The molecule has 172 valence electrons. The number of nitrogens with zero attached hydrogens (tertiary/aromatic N) is 3. The van der Waals surface area contributed by atoms with Gasteiger partial charge >= 0.3 is 6.09 Å². The summed E-state index contributed by atoms with van der Waals surface area (Å²) < 4.78 is 5.54. The number of cyclic esters (lactones) is 1. The van der Waals surface area contributed by atoms with Crippen molar-refractivity contribution in [2.45, 2.75) is 52.2 Å². The molecule has 0 saturated carbocycles. The van der Waals surface area contributed by atoms with Crippen molar-refractivity contribution in [2.75, 3.05) is 31.6 Å². The molecule has 0 bridgehead atoms. The number of aromatic nitrogens is 1. The Labute approximate surface area is 191 Å². The highest BCUT2D eigenvalue weighted by molar-refractivity contribution is 5.89. The normalized spacial score (nSPS) is 22.7. The van der Waals surface area contributed by atoms with Crippen LogP contribution in [-0.4, -0.2) is 53.9 Å². The molecule has 1 amide bonds. The molecular weight excluding hydrogens is 402 g/mol. The van der Waals surface area contributed by atoms with Crippen LogP contribution < -0.4 is 4.90 Å². The third-order valence-corrected chi connectivity index (χ3v) is 7.14. The highest BCUT2D eigenvalue weighted by atomic mass is 16.6. The number of rotatable bonds is 6. The van der Waals surface area contributed by atoms with Gasteiger partial charge in [0.25, 0.3) is 0 Å². The molecule has 1 aromatic heterocycles. The van der Waals surface area contributed by atoms with E-state index in [2.05, 4.69) is 49.8 Å². The Balaban J connectivity index is 1.76. The van der Waals surface area contributed by atoms with Gasteiger partial charge in [-0.15, -0.1) is 0 Å². The van der Waals surface area contributed by atoms with E-state index in [1.54, 1.807) is 17.3 Å². The average Bonchev–Trinajstić information content (AvgIpc) is 3.14. The Bertz CT molecular complexity index is 982. The van der Waals surface area contributed by atoms with E-state index in [1.807, 2.05) is 32.0 Å². The first-order valence-electron chi connectivity index (χ1n) is 11.5. The van der Waals surface area contributed by atoms with Crippen LogP contribution in [0.2, 0.25) is 0 Å². The van der Waals surface area contributed by atoms with Crippen LogP contribution >= 0.6 is 0 Å². The molecule has 2 aliphatic rings. The molecule has 2 fully saturated rings. The predicted octanol–water partition coefficient (Wildman–Crippen LogP) is 4.37. The van der Waals surface area contributed by atoms with E-state index in [0.717, 1.165) is 18.7 Å². The smallest absolute Gasteiger partial charge is 0.414 e. The molecule has 4 rings (SSSR count). The standard InChI is InChI=1S/C26H35N3O3/c1-17(2)19-7-9-20(10-8-19)26(31,25(5)15-28(6)16-25)21-11-22(13-27-12-21)29-14-23(18(3)4)32-24(29)30/h7-13,17-18,23,31H,14-16H2,1-6H3. The lowest BCUT2D eigenvalue weighted by atomic mass is 9.62. The van der Waals surface area contributed by atoms with E-state index in [1.165, 1.54) is 5.56 Å². The van der Waals surface area contributed by atoms with Crippen LogP contribution in [0.3, 0.4) is 0 Å². The van der Waals surface area contributed by atoms with Gasteiger partial charge in [-0.2, -0.15) is 0 Å². The molecule has 6 heteroatoms. The summed E-state index contributed by atoms with van der Waals surface area (Å²) in [5, 5.41) is 12.4. The fraction of sp³-hybridized carbons (Fsp3) is 0.538. The van der Waals surface area contributed by atoms with Crippen LogP contribution in [0.5, 0.6) is 0 Å². The highest BCUT2D eigenvalue weighted by Crippen LogP contribution is 2.50. The molecule has 2 unspecified atom stereocenters. The van der Waals surface area contributed by atoms with Gasteiger partial charge in [-0.05, 0) is 36.1 Å². The second kappa shape index (κ2) is 8.16. The van der Waals surface area contributed by atoms with E-state index in [0.29, 0.717) is 23.7 Å². The van der Waals surface area contributed by atoms with Crippen LogP contribution in [0.4, 0.5) is 10.5 Å². The zero-order chi connectivity index (χ0) is 23.3. The Morgan fingerprint density at radius 3 is 2.31 bits per heavy atom. The van der Waals surface area contributed by atoms with Crippen LogP contribution in [0, 0.1) is 11.3 Å². The van der Waals surface area contributed by atoms with Crippen LogP contribution in [-0.2, 0) is 10.3 Å². The maximum absolute atomic E-state index is 12.5. The lowest BCUT2D eigenvalue weighted by Gasteiger charge is -2.56. The second-order valence-electron chi connectivity index (χ2n) is 10.4. The van der Waals surface area contributed by atoms with Gasteiger partial charge in [0, 0.05) is 30.3 Å². The van der Waals surface area contributed by atoms with Crippen molar-refractivity contribution < 1.29 is 14.6 Å². The number of carbonyl (C=O) groups excluding carboxylic acids is 1. The number of aliphatic hydroxyl groups is 1. The number of hydrogen-bond acceptors (Lipinski definition) is 5. The molecule has 2 saturated heterocycles. The lowest BCUT2D eigenvalue weighted by molar-refractivity contribution is -0.127. The summed E-state index contributed by atoms with van der Waals surface area (Å²) in [5.41, 5.74) is 1.82. The molecule has 2 aliphatic heterocycles. The van der Waals surface area contributed by atoms with Gasteiger partial charge in [0.1, 0.15) is 11.7 Å². The fourth-order valence-corrected chi connectivity index (χ4v) is 5.16. The fourth-order valence-electron chi connectivity index (χ4n) is 5.16. The number of anilines is 1. The molecule has 1 N–H and O–H groups in total. The average molecular weight is 438 g/mol. The van der Waals surface area contributed by atoms with Gasteiger partial charge in [0.2, 0.25) is 0 Å². The monoisotopic (exact) mass is 437 g/mol. The number of ether oxygens (including phenoxy) is 1. The molecule has 0 aliphatic carbocycles. The molecule has 2 atom stereocenters. The number of benzene rings is 1. The molecular formula is C26H35N3O3. The maximum atomic E-state index is 12.5. The largest absolute Gasteiger partial charge is 0.444 e. The van der Waals surface area contributed by atoms with Crippen molar-refractivity contribution >= 4 is 11.8 Å². The minimum Gasteiger partial charge on any atom is -0.444 e. The Morgan fingerprint density at radius 2 is 1.78 bits per heavy atom. The van der Waals surface area contributed by atoms with Crippen molar-refractivity contribution in [1.82, 2.24) is 9.88 Å². The first-order valence-corrected chi connectivity index (χ1v) is 11.5. The van der Waals surface area contributed by atoms with Gasteiger partial charge in [0.05, 0.1) is 18.4 Å². The third kappa shape index (κ3) is 3.69. The van der Waals surface area contributed by atoms with Gasteiger partial charge < -0.3 is 14.7 Å². The number of pyridine rings is 1. The second-order valence-corrected chi connectivity index (χ2v) is 10.4. The summed E-state index contributed by atoms with van der Waals surface area (Å²) in [6.07, 6.45) is 2.89. The third-order valence-electron chi connectivity index (χ3n) is 7.14. The number of likely N-dealkylation sites (tertiary alicyclic amines) is 1. The van der Waals surface area contributed by atoms with Crippen LogP contribution in [0.15, 0.2) is 42.7 Å². The Hall–Kier alpha value is -2.44. The molecule has 0 radical (unpaired) electrons. The highest BCUT2D eigenvalue weighted by Gasteiger charge is 2.55. The molecule has 32 heavy (non-hydrogen) atoms. The van der Waals surface area contributed by atoms with Crippen molar-refractivity contribution in [2.24, 2.45) is 11.3 Å². The molecule has 0 spiro atoms. The summed E-state index contributed by atoms with van der Waals surface area (Å²) in [7, 11) is 2.06. The van der Waals surface area contributed by atoms with Crippen molar-refractivity contribution in [1.29, 1.82) is 0 Å². The topological polar surface area (TPSA) is 65.9 Å². The van der Waals surface area contributed by atoms with E-state index in [-0.39, 0.29) is 23.5 Å². The van der Waals surface area contributed by atoms with Crippen molar-refractivity contribution in [3.05, 3.63) is 59.4 Å². The molecule has 3 heterocycles. The number of hydrogen-bond donors (Lipinski definition) is 1. The zero-order valence-corrected chi connectivity index (χ0v) is 20.0. The van der Waals surface area contributed by atoms with Gasteiger partial charge in [0.15, 0.2) is 0 Å². The first-order chi connectivity index (χ1) is 15.0. The molecule has 2 aromatic rings. The predicted molar refractivity (Wildman–Crippen MR) is 126 cm³/mol. The Morgan fingerprint density at radius 1 is 1.12 bits per heavy atom. The summed E-state index contributed by atoms with van der Waals surface area (Å²) in [5.74, 6) is 0.656. The molecule has 1 aromatic carbocycles. The summed E-state index contributed by atoms with van der Waals surface area (Å²) in [6, 6.07) is 10.2. The minimum absolute atomic E-state index is 0.147. The number of amides is 1. The number of carbonyl (C=O) groups is 1. The summed E-state index contributed by atoms with van der Waals surface area (Å²) >= 11 is 0. The van der Waals surface area contributed by atoms with E-state index >= 15 is 0 Å². The Kier molecular flexibility index (Phi) is 5.80. The minimum atomic E-state index is -1.24. The summed E-state index contributed by atoms with van der Waals surface area (Å²) in [6.45, 7) is 12.6. The van der Waals surface area contributed by atoms with E-state index in [4.69, 9.17) is 4.74 Å². The first kappa shape index (κ1) is 22.7. The van der Waals surface area contributed by atoms with Crippen LogP contribution in [0.25, 0.3) is 0 Å². The van der Waals surface area contributed by atoms with Gasteiger partial charge in [-0.3, -0.25) is 9.88 Å². The van der Waals surface area contributed by atoms with Gasteiger partial charge in [-0.1, -0.05) is 58.9 Å². The van der Waals surface area contributed by atoms with Gasteiger partial charge in [-0.25, -0.2) is 4.79 Å². The lowest BCUT2D eigenvalue weighted by Crippen LogP contribution is -2.63. The summed E-state index contributed by atoms with van der Waals surface area (Å²) in [4.78, 5) is 20.8. The van der Waals surface area contributed by atoms with Crippen molar-refractivity contribution in [3.8, 4) is 0 Å². The van der Waals surface area contributed by atoms with E-state index < -0.39 is 5.60 Å². The zero-order valence-electron chi connectivity index (χ0n) is 20.0. The SMILES string of the molecule is CC(C)c1ccc(C(O)(c2cncc(N3CC(C(C)C)OC3=O)c2)C2(C)CN(C)C2)cc1. The van der Waals surface area contributed by atoms with E-state index in [9.17, 15) is 9.90 Å². The quantitative estimate of drug-likeness (QED) is 0.727. The van der Waals surface area contributed by atoms with Crippen LogP contribution in [0.1, 0.15) is 57.2 Å².